The van der Waals surface area contributed by atoms with Gasteiger partial charge in [-0.3, -0.25) is 0 Å². The highest BCUT2D eigenvalue weighted by Crippen LogP contribution is 2.28. The first-order chi connectivity index (χ1) is 8.20. The summed E-state index contributed by atoms with van der Waals surface area (Å²) in [5.74, 6) is 0.177. The third-order valence-corrected chi connectivity index (χ3v) is 2.89. The standard InChI is InChI=1S/C11H14ClN3O2/c12-4-8(16)6-13-9-3-1-2-7-5-14-11(17)15-10(7)9/h1-3,8,13,16H,4-6H2,(H2,14,15,17). The van der Waals surface area contributed by atoms with Gasteiger partial charge in [0.25, 0.3) is 0 Å². The van der Waals surface area contributed by atoms with Crippen molar-refractivity contribution < 1.29 is 9.90 Å². The molecule has 0 fully saturated rings. The Balaban J connectivity index is 2.14. The number of carbonyl (C=O) groups excluding carboxylic acids is 1. The smallest absolute Gasteiger partial charge is 0.319 e. The molecule has 1 heterocycles. The van der Waals surface area contributed by atoms with E-state index in [4.69, 9.17) is 11.6 Å². The van der Waals surface area contributed by atoms with E-state index < -0.39 is 6.10 Å². The maximum absolute atomic E-state index is 11.3. The molecule has 2 rings (SSSR count). The Morgan fingerprint density at radius 1 is 1.53 bits per heavy atom. The summed E-state index contributed by atoms with van der Waals surface area (Å²) in [6.07, 6.45) is -0.607. The Kier molecular flexibility index (Phi) is 3.71. The van der Waals surface area contributed by atoms with E-state index in [1.807, 2.05) is 18.2 Å². The Bertz CT molecular complexity index is 425. The fourth-order valence-electron chi connectivity index (χ4n) is 1.66. The maximum atomic E-state index is 11.3. The average Bonchev–Trinajstić information content (AvgIpc) is 2.35. The lowest BCUT2D eigenvalue weighted by atomic mass is 10.1. The summed E-state index contributed by atoms with van der Waals surface area (Å²) in [4.78, 5) is 11.3. The quantitative estimate of drug-likeness (QED) is 0.614. The number of aliphatic hydroxyl groups excluding tert-OH is 1. The summed E-state index contributed by atoms with van der Waals surface area (Å²) < 4.78 is 0. The van der Waals surface area contributed by atoms with Crippen molar-refractivity contribution in [2.24, 2.45) is 0 Å². The molecule has 0 aliphatic carbocycles. The molecule has 4 N–H and O–H groups in total. The number of halogens is 1. The Morgan fingerprint density at radius 2 is 2.35 bits per heavy atom. The van der Waals surface area contributed by atoms with Crippen LogP contribution in [0.3, 0.4) is 0 Å². The zero-order valence-corrected chi connectivity index (χ0v) is 9.92. The van der Waals surface area contributed by atoms with Crippen molar-refractivity contribution in [3.8, 4) is 0 Å². The number of para-hydroxylation sites is 1. The Hall–Kier alpha value is -1.46. The molecule has 0 spiro atoms. The molecule has 1 aromatic carbocycles. The van der Waals surface area contributed by atoms with E-state index >= 15 is 0 Å². The number of rotatable bonds is 4. The molecule has 0 bridgehead atoms. The number of carbonyl (C=O) groups is 1. The molecule has 92 valence electrons. The van der Waals surface area contributed by atoms with E-state index in [-0.39, 0.29) is 11.9 Å². The molecule has 0 radical (unpaired) electrons. The third kappa shape index (κ3) is 2.81. The number of aliphatic hydroxyl groups is 1. The number of fused-ring (bicyclic) bond motifs is 1. The van der Waals surface area contributed by atoms with Gasteiger partial charge >= 0.3 is 6.03 Å². The van der Waals surface area contributed by atoms with Crippen molar-refractivity contribution in [1.29, 1.82) is 0 Å². The van der Waals surface area contributed by atoms with Gasteiger partial charge in [-0.2, -0.15) is 0 Å². The Labute approximate surface area is 104 Å². The van der Waals surface area contributed by atoms with Crippen LogP contribution in [-0.4, -0.2) is 29.7 Å². The Morgan fingerprint density at radius 3 is 3.12 bits per heavy atom. The lowest BCUT2D eigenvalue weighted by molar-refractivity contribution is 0.211. The van der Waals surface area contributed by atoms with E-state index in [0.29, 0.717) is 13.1 Å². The van der Waals surface area contributed by atoms with Crippen molar-refractivity contribution in [2.75, 3.05) is 23.1 Å². The van der Waals surface area contributed by atoms with E-state index in [0.717, 1.165) is 16.9 Å². The van der Waals surface area contributed by atoms with Crippen LogP contribution in [0.5, 0.6) is 0 Å². The molecule has 0 saturated carbocycles. The average molecular weight is 256 g/mol. The normalized spacial score (nSPS) is 15.5. The van der Waals surface area contributed by atoms with E-state index in [1.54, 1.807) is 0 Å². The zero-order chi connectivity index (χ0) is 12.3. The largest absolute Gasteiger partial charge is 0.390 e. The van der Waals surface area contributed by atoms with Crippen LogP contribution in [0.1, 0.15) is 5.56 Å². The minimum atomic E-state index is -0.607. The number of alkyl halides is 1. The topological polar surface area (TPSA) is 73.4 Å². The zero-order valence-electron chi connectivity index (χ0n) is 9.16. The van der Waals surface area contributed by atoms with Crippen LogP contribution in [0.4, 0.5) is 16.2 Å². The molecule has 17 heavy (non-hydrogen) atoms. The number of urea groups is 1. The molecule has 1 aromatic rings. The molecule has 6 heteroatoms. The number of anilines is 2. The van der Waals surface area contributed by atoms with Gasteiger partial charge in [-0.15, -0.1) is 11.6 Å². The fraction of sp³-hybridized carbons (Fsp3) is 0.364. The SMILES string of the molecule is O=C1NCc2cccc(NCC(O)CCl)c2N1. The number of nitrogens with one attached hydrogen (secondary N) is 3. The van der Waals surface area contributed by atoms with E-state index in [9.17, 15) is 9.90 Å². The van der Waals surface area contributed by atoms with E-state index in [1.165, 1.54) is 0 Å². The summed E-state index contributed by atoms with van der Waals surface area (Å²) in [7, 11) is 0. The molecule has 1 aliphatic heterocycles. The van der Waals surface area contributed by atoms with Crippen molar-refractivity contribution in [1.82, 2.24) is 5.32 Å². The second-order valence-corrected chi connectivity index (χ2v) is 4.15. The van der Waals surface area contributed by atoms with Gasteiger partial charge < -0.3 is 21.1 Å². The molecule has 1 atom stereocenters. The predicted molar refractivity (Wildman–Crippen MR) is 67.5 cm³/mol. The lowest BCUT2D eigenvalue weighted by Gasteiger charge is -2.22. The molecule has 0 aromatic heterocycles. The first kappa shape index (κ1) is 12.0. The first-order valence-corrected chi connectivity index (χ1v) is 5.89. The molecular formula is C11H14ClN3O2. The highest BCUT2D eigenvalue weighted by atomic mass is 35.5. The number of hydrogen-bond acceptors (Lipinski definition) is 3. The second-order valence-electron chi connectivity index (χ2n) is 3.84. The number of hydrogen-bond donors (Lipinski definition) is 4. The van der Waals surface area contributed by atoms with Gasteiger partial charge in [-0.05, 0) is 11.6 Å². The second kappa shape index (κ2) is 5.25. The van der Waals surface area contributed by atoms with Gasteiger partial charge in [0.1, 0.15) is 0 Å². The summed E-state index contributed by atoms with van der Waals surface area (Å²) >= 11 is 5.52. The van der Waals surface area contributed by atoms with Gasteiger partial charge in [0, 0.05) is 13.1 Å². The van der Waals surface area contributed by atoms with Crippen LogP contribution >= 0.6 is 11.6 Å². The van der Waals surface area contributed by atoms with Gasteiger partial charge in [0.2, 0.25) is 0 Å². The molecule has 1 aliphatic rings. The summed E-state index contributed by atoms with van der Waals surface area (Å²) in [6.45, 7) is 0.859. The van der Waals surface area contributed by atoms with Crippen LogP contribution in [0, 0.1) is 0 Å². The summed E-state index contributed by atoms with van der Waals surface area (Å²) in [5, 5.41) is 17.9. The summed E-state index contributed by atoms with van der Waals surface area (Å²) in [6, 6.07) is 5.47. The highest BCUT2D eigenvalue weighted by Gasteiger charge is 2.16. The highest BCUT2D eigenvalue weighted by molar-refractivity contribution is 6.18. The minimum Gasteiger partial charge on any atom is -0.390 e. The van der Waals surface area contributed by atoms with Gasteiger partial charge in [0.15, 0.2) is 0 Å². The van der Waals surface area contributed by atoms with Crippen molar-refractivity contribution in [3.63, 3.8) is 0 Å². The molecular weight excluding hydrogens is 242 g/mol. The number of benzene rings is 1. The third-order valence-electron chi connectivity index (χ3n) is 2.53. The first-order valence-electron chi connectivity index (χ1n) is 5.35. The molecule has 0 saturated heterocycles. The number of amides is 2. The van der Waals surface area contributed by atoms with Gasteiger partial charge in [0.05, 0.1) is 23.4 Å². The lowest BCUT2D eigenvalue weighted by Crippen LogP contribution is -2.34. The molecule has 2 amide bonds. The van der Waals surface area contributed by atoms with E-state index in [2.05, 4.69) is 16.0 Å². The summed E-state index contributed by atoms with van der Waals surface area (Å²) in [5.41, 5.74) is 2.56. The fourth-order valence-corrected chi connectivity index (χ4v) is 1.77. The monoisotopic (exact) mass is 255 g/mol. The van der Waals surface area contributed by atoms with Gasteiger partial charge in [-0.25, -0.2) is 4.79 Å². The van der Waals surface area contributed by atoms with Crippen LogP contribution in [-0.2, 0) is 6.54 Å². The van der Waals surface area contributed by atoms with Crippen molar-refractivity contribution >= 4 is 29.0 Å². The molecule has 1 unspecified atom stereocenters. The molecule has 5 nitrogen and oxygen atoms in total. The van der Waals surface area contributed by atoms with Crippen LogP contribution in [0.2, 0.25) is 0 Å². The van der Waals surface area contributed by atoms with Gasteiger partial charge in [-0.1, -0.05) is 12.1 Å². The van der Waals surface area contributed by atoms with Crippen LogP contribution < -0.4 is 16.0 Å². The predicted octanol–water partition coefficient (Wildman–Crippen LogP) is 1.33. The van der Waals surface area contributed by atoms with Crippen LogP contribution in [0.15, 0.2) is 18.2 Å². The van der Waals surface area contributed by atoms with Crippen molar-refractivity contribution in [3.05, 3.63) is 23.8 Å². The minimum absolute atomic E-state index is 0.177. The van der Waals surface area contributed by atoms with Crippen molar-refractivity contribution in [2.45, 2.75) is 12.6 Å². The maximum Gasteiger partial charge on any atom is 0.319 e. The van der Waals surface area contributed by atoms with Crippen LogP contribution in [0.25, 0.3) is 0 Å².